The van der Waals surface area contributed by atoms with Crippen LogP contribution in [-0.4, -0.2) is 25.2 Å². The molecule has 1 aromatic carbocycles. The summed E-state index contributed by atoms with van der Waals surface area (Å²) in [5, 5.41) is 0. The van der Waals surface area contributed by atoms with Gasteiger partial charge in [-0.1, -0.05) is 26.0 Å². The summed E-state index contributed by atoms with van der Waals surface area (Å²) < 4.78 is 39.0. The minimum Gasteiger partial charge on any atom is -0.274 e. The highest BCUT2D eigenvalue weighted by Crippen LogP contribution is 2.30. The molecule has 0 saturated carbocycles. The maximum Gasteiger partial charge on any atom is 0.269 e. The molecule has 1 unspecified atom stereocenters. The van der Waals surface area contributed by atoms with Gasteiger partial charge in [0.05, 0.1) is 0 Å². The van der Waals surface area contributed by atoms with E-state index in [1.807, 2.05) is 13.8 Å². The van der Waals surface area contributed by atoms with Crippen molar-refractivity contribution in [1.29, 1.82) is 0 Å². The van der Waals surface area contributed by atoms with Gasteiger partial charge in [-0.25, -0.2) is 17.1 Å². The van der Waals surface area contributed by atoms with Crippen molar-refractivity contribution >= 4 is 15.9 Å². The van der Waals surface area contributed by atoms with E-state index in [2.05, 4.69) is 0 Å². The molecule has 0 radical (unpaired) electrons. The molecule has 1 aromatic rings. The van der Waals surface area contributed by atoms with E-state index in [-0.39, 0.29) is 24.8 Å². The van der Waals surface area contributed by atoms with Crippen LogP contribution in [0.1, 0.15) is 20.3 Å². The molecule has 4 nitrogen and oxygen atoms in total. The van der Waals surface area contributed by atoms with Crippen LogP contribution in [0.5, 0.6) is 0 Å². The van der Waals surface area contributed by atoms with E-state index in [4.69, 9.17) is 0 Å². The Balaban J connectivity index is 2.37. The zero-order valence-electron chi connectivity index (χ0n) is 10.8. The minimum atomic E-state index is -4.08. The van der Waals surface area contributed by atoms with E-state index in [1.165, 1.54) is 18.2 Å². The Bertz CT molecular complexity index is 598. The number of hydrogen-bond donors (Lipinski definition) is 0. The van der Waals surface area contributed by atoms with Crippen molar-refractivity contribution in [2.75, 3.05) is 6.54 Å². The Morgan fingerprint density at radius 1 is 1.32 bits per heavy atom. The molecule has 1 atom stereocenters. The molecule has 0 aromatic heterocycles. The molecule has 1 fully saturated rings. The quantitative estimate of drug-likeness (QED) is 0.853. The van der Waals surface area contributed by atoms with Crippen LogP contribution in [0.4, 0.5) is 4.39 Å². The van der Waals surface area contributed by atoms with Gasteiger partial charge in [-0.2, -0.15) is 0 Å². The predicted molar refractivity (Wildman–Crippen MR) is 68.2 cm³/mol. The summed E-state index contributed by atoms with van der Waals surface area (Å²) in [6.07, 6.45) is 0.200. The first kappa shape index (κ1) is 14.0. The van der Waals surface area contributed by atoms with Crippen molar-refractivity contribution in [3.8, 4) is 0 Å². The zero-order valence-corrected chi connectivity index (χ0v) is 11.7. The molecule has 1 aliphatic heterocycles. The van der Waals surface area contributed by atoms with Crippen molar-refractivity contribution in [2.24, 2.45) is 11.8 Å². The summed E-state index contributed by atoms with van der Waals surface area (Å²) in [6, 6.07) is 5.11. The van der Waals surface area contributed by atoms with Crippen LogP contribution in [0, 0.1) is 17.7 Å². The predicted octanol–water partition coefficient (Wildman–Crippen LogP) is 2.02. The fourth-order valence-electron chi connectivity index (χ4n) is 2.16. The van der Waals surface area contributed by atoms with Crippen molar-refractivity contribution in [1.82, 2.24) is 4.31 Å². The number of carbonyl (C=O) groups excluding carboxylic acids is 1. The molecule has 104 valence electrons. The van der Waals surface area contributed by atoms with Gasteiger partial charge < -0.3 is 0 Å². The number of amides is 1. The summed E-state index contributed by atoms with van der Waals surface area (Å²) >= 11 is 0. The van der Waals surface area contributed by atoms with Crippen LogP contribution in [0.15, 0.2) is 29.2 Å². The molecule has 0 spiro atoms. The number of rotatable bonds is 3. The summed E-state index contributed by atoms with van der Waals surface area (Å²) in [5.41, 5.74) is 0. The van der Waals surface area contributed by atoms with Crippen molar-refractivity contribution < 1.29 is 17.6 Å². The number of nitrogens with zero attached hydrogens (tertiary/aromatic N) is 1. The van der Waals surface area contributed by atoms with Crippen LogP contribution in [0.3, 0.4) is 0 Å². The maximum atomic E-state index is 13.6. The lowest BCUT2D eigenvalue weighted by Gasteiger charge is -2.18. The van der Waals surface area contributed by atoms with Crippen molar-refractivity contribution in [2.45, 2.75) is 25.2 Å². The van der Waals surface area contributed by atoms with Gasteiger partial charge in [-0.15, -0.1) is 0 Å². The Labute approximate surface area is 112 Å². The maximum absolute atomic E-state index is 13.6. The van der Waals surface area contributed by atoms with Crippen LogP contribution >= 0.6 is 0 Å². The van der Waals surface area contributed by atoms with Gasteiger partial charge >= 0.3 is 0 Å². The van der Waals surface area contributed by atoms with Gasteiger partial charge in [0, 0.05) is 13.0 Å². The second-order valence-electron chi connectivity index (χ2n) is 5.07. The highest BCUT2D eigenvalue weighted by molar-refractivity contribution is 7.89. The molecule has 1 amide bonds. The molecule has 1 aliphatic rings. The first-order valence-corrected chi connectivity index (χ1v) is 7.58. The molecule has 6 heteroatoms. The van der Waals surface area contributed by atoms with Crippen LogP contribution in [0.2, 0.25) is 0 Å². The molecule has 0 N–H and O–H groups in total. The lowest BCUT2D eigenvalue weighted by atomic mass is 9.95. The monoisotopic (exact) mass is 285 g/mol. The number of sulfonamides is 1. The topological polar surface area (TPSA) is 54.5 Å². The van der Waals surface area contributed by atoms with Crippen molar-refractivity contribution in [3.05, 3.63) is 30.1 Å². The normalized spacial score (nSPS) is 20.3. The van der Waals surface area contributed by atoms with E-state index >= 15 is 0 Å². The Kier molecular flexibility index (Phi) is 3.62. The zero-order chi connectivity index (χ0) is 14.2. The van der Waals surface area contributed by atoms with Gasteiger partial charge in [0.25, 0.3) is 10.0 Å². The third-order valence-corrected chi connectivity index (χ3v) is 5.28. The molecule has 0 bridgehead atoms. The second kappa shape index (κ2) is 4.92. The second-order valence-corrected chi connectivity index (χ2v) is 6.90. The number of carbonyl (C=O) groups is 1. The van der Waals surface area contributed by atoms with Crippen LogP contribution in [-0.2, 0) is 14.8 Å². The number of hydrogen-bond acceptors (Lipinski definition) is 3. The molecule has 0 aliphatic carbocycles. The van der Waals surface area contributed by atoms with E-state index in [0.717, 1.165) is 10.4 Å². The average molecular weight is 285 g/mol. The Morgan fingerprint density at radius 3 is 2.47 bits per heavy atom. The van der Waals surface area contributed by atoms with Gasteiger partial charge in [0.1, 0.15) is 10.7 Å². The summed E-state index contributed by atoms with van der Waals surface area (Å²) in [7, 11) is -4.08. The fourth-order valence-corrected chi connectivity index (χ4v) is 3.69. The van der Waals surface area contributed by atoms with E-state index < -0.39 is 26.6 Å². The molecule has 1 saturated heterocycles. The lowest BCUT2D eigenvalue weighted by molar-refractivity contribution is -0.123. The standard InChI is InChI=1S/C13H16FNO3S/c1-9(2)10-7-13(16)15(8-10)19(17,18)12-6-4-3-5-11(12)14/h3-6,9-10H,7-8H2,1-2H3. The van der Waals surface area contributed by atoms with Crippen LogP contribution in [0.25, 0.3) is 0 Å². The Morgan fingerprint density at radius 2 is 1.95 bits per heavy atom. The molecule has 19 heavy (non-hydrogen) atoms. The molecular weight excluding hydrogens is 269 g/mol. The summed E-state index contributed by atoms with van der Waals surface area (Å²) in [5.74, 6) is -1.08. The highest BCUT2D eigenvalue weighted by Gasteiger charge is 2.40. The minimum absolute atomic E-state index is 0.00551. The molecule has 2 rings (SSSR count). The average Bonchev–Trinajstić information content (AvgIpc) is 2.72. The highest BCUT2D eigenvalue weighted by atomic mass is 32.2. The lowest BCUT2D eigenvalue weighted by Crippen LogP contribution is -2.33. The number of halogens is 1. The smallest absolute Gasteiger partial charge is 0.269 e. The fraction of sp³-hybridized carbons (Fsp3) is 0.462. The first-order chi connectivity index (χ1) is 8.84. The van der Waals surface area contributed by atoms with E-state index in [9.17, 15) is 17.6 Å². The molecular formula is C13H16FNO3S. The Hall–Kier alpha value is -1.43. The SMILES string of the molecule is CC(C)C1CC(=O)N(S(=O)(=O)c2ccccc2F)C1. The third kappa shape index (κ3) is 2.49. The van der Waals surface area contributed by atoms with Gasteiger partial charge in [0.2, 0.25) is 5.91 Å². The third-order valence-electron chi connectivity index (χ3n) is 3.46. The van der Waals surface area contributed by atoms with E-state index in [0.29, 0.717) is 0 Å². The molecule has 1 heterocycles. The van der Waals surface area contributed by atoms with E-state index in [1.54, 1.807) is 0 Å². The van der Waals surface area contributed by atoms with Crippen LogP contribution < -0.4 is 0 Å². The number of benzene rings is 1. The van der Waals surface area contributed by atoms with Gasteiger partial charge in [0.15, 0.2) is 0 Å². The van der Waals surface area contributed by atoms with Gasteiger partial charge in [-0.3, -0.25) is 4.79 Å². The summed E-state index contributed by atoms with van der Waals surface area (Å²) in [6.45, 7) is 4.02. The van der Waals surface area contributed by atoms with Gasteiger partial charge in [-0.05, 0) is 24.0 Å². The first-order valence-electron chi connectivity index (χ1n) is 6.14. The van der Waals surface area contributed by atoms with Crippen molar-refractivity contribution in [3.63, 3.8) is 0 Å². The largest absolute Gasteiger partial charge is 0.274 e. The summed E-state index contributed by atoms with van der Waals surface area (Å²) in [4.78, 5) is 11.4.